The highest BCUT2D eigenvalue weighted by Gasteiger charge is 2.11. The molecule has 2 rings (SSSR count). The topological polar surface area (TPSA) is 52.1 Å². The number of methoxy groups -OCH3 is 3. The van der Waals surface area contributed by atoms with Crippen LogP contribution in [-0.4, -0.2) is 27.5 Å². The molecule has 0 heterocycles. The fraction of sp³-hybridized carbons (Fsp3) is 0.188. The molecule has 24 heavy (non-hydrogen) atoms. The predicted molar refractivity (Wildman–Crippen MR) is 98.8 cm³/mol. The van der Waals surface area contributed by atoms with E-state index in [0.717, 1.165) is 0 Å². The molecule has 0 aromatic heterocycles. The molecule has 5 nitrogen and oxygen atoms in total. The number of hydrazone groups is 1. The molecule has 1 N–H and O–H groups in total. The molecular formula is C16H15Cl3N2O3. The maximum absolute atomic E-state index is 6.10. The molecule has 2 aromatic carbocycles. The van der Waals surface area contributed by atoms with Gasteiger partial charge in [-0.2, -0.15) is 5.10 Å². The molecule has 0 aliphatic rings. The number of benzene rings is 2. The van der Waals surface area contributed by atoms with Crippen molar-refractivity contribution < 1.29 is 14.2 Å². The second-order valence-electron chi connectivity index (χ2n) is 4.56. The first-order chi connectivity index (χ1) is 11.5. The number of nitrogens with one attached hydrogen (secondary N) is 1. The van der Waals surface area contributed by atoms with Crippen molar-refractivity contribution in [2.75, 3.05) is 26.8 Å². The van der Waals surface area contributed by atoms with Crippen LogP contribution in [0, 0.1) is 0 Å². The second kappa shape index (κ2) is 8.33. The first-order valence-corrected chi connectivity index (χ1v) is 7.87. The molecule has 0 spiro atoms. The Morgan fingerprint density at radius 2 is 1.38 bits per heavy atom. The smallest absolute Gasteiger partial charge is 0.164 e. The monoisotopic (exact) mass is 388 g/mol. The van der Waals surface area contributed by atoms with Gasteiger partial charge in [0.15, 0.2) is 11.5 Å². The molecule has 0 atom stereocenters. The molecular weight excluding hydrogens is 375 g/mol. The number of anilines is 1. The fourth-order valence-electron chi connectivity index (χ4n) is 1.97. The van der Waals surface area contributed by atoms with E-state index in [4.69, 9.17) is 49.0 Å². The lowest BCUT2D eigenvalue weighted by Crippen LogP contribution is -1.98. The standard InChI is InChI=1S/C16H15Cl3N2O3/c1-22-13-7-15(24-3)14(23-2)4-9(13)8-20-21-16-11(18)5-10(17)6-12(16)19/h4-8,21H,1-3H3/b20-8-. The van der Waals surface area contributed by atoms with E-state index < -0.39 is 0 Å². The van der Waals surface area contributed by atoms with Gasteiger partial charge in [0.2, 0.25) is 0 Å². The van der Waals surface area contributed by atoms with Crippen LogP contribution in [0.2, 0.25) is 15.1 Å². The van der Waals surface area contributed by atoms with E-state index in [0.29, 0.717) is 43.6 Å². The van der Waals surface area contributed by atoms with E-state index in [1.807, 2.05) is 0 Å². The van der Waals surface area contributed by atoms with Crippen molar-refractivity contribution in [3.63, 3.8) is 0 Å². The van der Waals surface area contributed by atoms with Crippen LogP contribution in [-0.2, 0) is 0 Å². The summed E-state index contributed by atoms with van der Waals surface area (Å²) < 4.78 is 15.8. The Hall–Kier alpha value is -1.82. The van der Waals surface area contributed by atoms with Crippen LogP contribution in [0.5, 0.6) is 17.2 Å². The minimum Gasteiger partial charge on any atom is -0.496 e. The van der Waals surface area contributed by atoms with Gasteiger partial charge in [-0.1, -0.05) is 34.8 Å². The molecule has 0 aliphatic heterocycles. The zero-order chi connectivity index (χ0) is 17.7. The third kappa shape index (κ3) is 4.17. The maximum Gasteiger partial charge on any atom is 0.164 e. The Bertz CT molecular complexity index is 743. The Kier molecular flexibility index (Phi) is 6.43. The number of rotatable bonds is 6. The Labute approximate surface area is 155 Å². The Balaban J connectivity index is 2.29. The van der Waals surface area contributed by atoms with Crippen LogP contribution in [0.1, 0.15) is 5.56 Å². The summed E-state index contributed by atoms with van der Waals surface area (Å²) in [5.74, 6) is 1.69. The quantitative estimate of drug-likeness (QED) is 0.550. The van der Waals surface area contributed by atoms with Crippen molar-refractivity contribution in [3.8, 4) is 17.2 Å². The van der Waals surface area contributed by atoms with Crippen molar-refractivity contribution in [2.45, 2.75) is 0 Å². The fourth-order valence-corrected chi connectivity index (χ4v) is 2.87. The highest BCUT2D eigenvalue weighted by molar-refractivity contribution is 6.41. The van der Waals surface area contributed by atoms with Crippen LogP contribution >= 0.6 is 34.8 Å². The normalized spacial score (nSPS) is 10.8. The number of ether oxygens (including phenoxy) is 3. The van der Waals surface area contributed by atoms with Crippen molar-refractivity contribution in [1.82, 2.24) is 0 Å². The molecule has 8 heteroatoms. The molecule has 0 saturated heterocycles. The maximum atomic E-state index is 6.10. The highest BCUT2D eigenvalue weighted by Crippen LogP contribution is 2.35. The number of hydrogen-bond donors (Lipinski definition) is 1. The molecule has 128 valence electrons. The molecule has 0 saturated carbocycles. The summed E-state index contributed by atoms with van der Waals surface area (Å²) in [4.78, 5) is 0. The predicted octanol–water partition coefficient (Wildman–Crippen LogP) is 5.12. The van der Waals surface area contributed by atoms with E-state index in [9.17, 15) is 0 Å². The van der Waals surface area contributed by atoms with Crippen LogP contribution in [0.3, 0.4) is 0 Å². The summed E-state index contributed by atoms with van der Waals surface area (Å²) in [7, 11) is 4.66. The molecule has 0 amide bonds. The first-order valence-electron chi connectivity index (χ1n) is 6.73. The van der Waals surface area contributed by atoms with E-state index in [-0.39, 0.29) is 0 Å². The van der Waals surface area contributed by atoms with E-state index in [1.165, 1.54) is 0 Å². The highest BCUT2D eigenvalue weighted by atomic mass is 35.5. The third-order valence-corrected chi connectivity index (χ3v) is 3.94. The van der Waals surface area contributed by atoms with Gasteiger partial charge in [-0.3, -0.25) is 5.43 Å². The summed E-state index contributed by atoms with van der Waals surface area (Å²) in [5.41, 5.74) is 3.93. The number of nitrogens with zero attached hydrogens (tertiary/aromatic N) is 1. The summed E-state index contributed by atoms with van der Waals surface area (Å²) in [6, 6.07) is 6.60. The molecule has 0 fully saturated rings. The van der Waals surface area contributed by atoms with Crippen LogP contribution in [0.25, 0.3) is 0 Å². The lowest BCUT2D eigenvalue weighted by molar-refractivity contribution is 0.349. The van der Waals surface area contributed by atoms with Gasteiger partial charge >= 0.3 is 0 Å². The summed E-state index contributed by atoms with van der Waals surface area (Å²) in [6.45, 7) is 0. The van der Waals surface area contributed by atoms with E-state index in [1.54, 1.807) is 51.8 Å². The summed E-state index contributed by atoms with van der Waals surface area (Å²) in [5, 5.41) is 5.31. The van der Waals surface area contributed by atoms with Crippen molar-refractivity contribution in [2.24, 2.45) is 5.10 Å². The van der Waals surface area contributed by atoms with Crippen molar-refractivity contribution in [3.05, 3.63) is 44.9 Å². The Morgan fingerprint density at radius 1 is 0.833 bits per heavy atom. The lowest BCUT2D eigenvalue weighted by Gasteiger charge is -2.12. The van der Waals surface area contributed by atoms with Gasteiger partial charge in [-0.05, 0) is 18.2 Å². The van der Waals surface area contributed by atoms with Gasteiger partial charge in [-0.15, -0.1) is 0 Å². The van der Waals surface area contributed by atoms with Gasteiger partial charge in [0, 0.05) is 16.7 Å². The SMILES string of the molecule is COc1cc(OC)c(OC)cc1/C=N\Nc1c(Cl)cc(Cl)cc1Cl. The third-order valence-electron chi connectivity index (χ3n) is 3.12. The second-order valence-corrected chi connectivity index (χ2v) is 5.81. The van der Waals surface area contributed by atoms with Gasteiger partial charge < -0.3 is 14.2 Å². The largest absolute Gasteiger partial charge is 0.496 e. The van der Waals surface area contributed by atoms with Gasteiger partial charge in [0.05, 0.1) is 43.3 Å². The van der Waals surface area contributed by atoms with Crippen LogP contribution < -0.4 is 19.6 Å². The van der Waals surface area contributed by atoms with Gasteiger partial charge in [-0.25, -0.2) is 0 Å². The Morgan fingerprint density at radius 3 is 1.92 bits per heavy atom. The molecule has 0 bridgehead atoms. The number of halogens is 3. The minimum atomic E-state index is 0.365. The summed E-state index contributed by atoms with van der Waals surface area (Å²) >= 11 is 18.1. The zero-order valence-corrected chi connectivity index (χ0v) is 15.5. The van der Waals surface area contributed by atoms with Crippen LogP contribution in [0.15, 0.2) is 29.4 Å². The molecule has 0 radical (unpaired) electrons. The molecule has 0 unspecified atom stereocenters. The first kappa shape index (κ1) is 18.5. The van der Waals surface area contributed by atoms with Crippen molar-refractivity contribution >= 4 is 46.7 Å². The molecule has 0 aliphatic carbocycles. The average molecular weight is 390 g/mol. The van der Waals surface area contributed by atoms with E-state index >= 15 is 0 Å². The zero-order valence-electron chi connectivity index (χ0n) is 13.2. The van der Waals surface area contributed by atoms with Gasteiger partial charge in [0.25, 0.3) is 0 Å². The molecule has 2 aromatic rings. The van der Waals surface area contributed by atoms with Gasteiger partial charge in [0.1, 0.15) is 5.75 Å². The lowest BCUT2D eigenvalue weighted by atomic mass is 10.2. The minimum absolute atomic E-state index is 0.365. The summed E-state index contributed by atoms with van der Waals surface area (Å²) in [6.07, 6.45) is 1.56. The number of hydrogen-bond acceptors (Lipinski definition) is 5. The average Bonchev–Trinajstić information content (AvgIpc) is 2.56. The van der Waals surface area contributed by atoms with E-state index in [2.05, 4.69) is 10.5 Å². The van der Waals surface area contributed by atoms with Crippen molar-refractivity contribution in [1.29, 1.82) is 0 Å². The van der Waals surface area contributed by atoms with Crippen LogP contribution in [0.4, 0.5) is 5.69 Å².